The lowest BCUT2D eigenvalue weighted by Gasteiger charge is -2.05. The van der Waals surface area contributed by atoms with Crippen molar-refractivity contribution in [1.82, 2.24) is 4.98 Å². The van der Waals surface area contributed by atoms with Crippen molar-refractivity contribution < 1.29 is 4.42 Å². The van der Waals surface area contributed by atoms with E-state index in [9.17, 15) is 0 Å². The Morgan fingerprint density at radius 1 is 1.44 bits per heavy atom. The third kappa shape index (κ3) is 3.11. The van der Waals surface area contributed by atoms with Gasteiger partial charge in [-0.05, 0) is 18.2 Å². The van der Waals surface area contributed by atoms with Gasteiger partial charge in [0.2, 0.25) is 5.89 Å². The predicted octanol–water partition coefficient (Wildman–Crippen LogP) is 3.48. The Morgan fingerprint density at radius 2 is 2.28 bits per heavy atom. The topological polar surface area (TPSA) is 61.9 Å². The summed E-state index contributed by atoms with van der Waals surface area (Å²) in [5, 5.41) is 12.1. The van der Waals surface area contributed by atoms with Gasteiger partial charge in [0.1, 0.15) is 5.76 Å². The standard InChI is InChI=1S/C13H12BrN3O/c1-2-12-7-17-13(18-12)8-16-11-4-9(6-15)3-10(14)5-11/h3-5,7,16H,2,8H2,1H3. The van der Waals surface area contributed by atoms with Gasteiger partial charge in [0.15, 0.2) is 0 Å². The Morgan fingerprint density at radius 3 is 2.94 bits per heavy atom. The van der Waals surface area contributed by atoms with Crippen LogP contribution in [0.25, 0.3) is 0 Å². The first-order valence-corrected chi connectivity index (χ1v) is 6.38. The van der Waals surface area contributed by atoms with Crippen molar-refractivity contribution in [3.63, 3.8) is 0 Å². The van der Waals surface area contributed by atoms with Crippen molar-refractivity contribution >= 4 is 21.6 Å². The third-order valence-electron chi connectivity index (χ3n) is 2.42. The molecule has 0 fully saturated rings. The van der Waals surface area contributed by atoms with E-state index in [0.717, 1.165) is 22.3 Å². The van der Waals surface area contributed by atoms with Crippen LogP contribution in [0.15, 0.2) is 33.3 Å². The third-order valence-corrected chi connectivity index (χ3v) is 2.88. The summed E-state index contributed by atoms with van der Waals surface area (Å²) in [5.41, 5.74) is 1.46. The van der Waals surface area contributed by atoms with Gasteiger partial charge in [-0.15, -0.1) is 0 Å². The molecule has 0 radical (unpaired) electrons. The van der Waals surface area contributed by atoms with Gasteiger partial charge in [0, 0.05) is 16.6 Å². The minimum absolute atomic E-state index is 0.501. The SMILES string of the molecule is CCc1cnc(CNc2cc(Br)cc(C#N)c2)o1. The molecule has 0 unspecified atom stereocenters. The molecule has 0 bridgehead atoms. The van der Waals surface area contributed by atoms with Gasteiger partial charge < -0.3 is 9.73 Å². The maximum absolute atomic E-state index is 8.88. The van der Waals surface area contributed by atoms with Crippen LogP contribution in [0.1, 0.15) is 24.1 Å². The van der Waals surface area contributed by atoms with Crippen molar-refractivity contribution in [3.05, 3.63) is 46.1 Å². The minimum atomic E-state index is 0.501. The Balaban J connectivity index is 2.06. The van der Waals surface area contributed by atoms with E-state index in [-0.39, 0.29) is 0 Å². The number of rotatable bonds is 4. The molecule has 0 saturated carbocycles. The zero-order valence-corrected chi connectivity index (χ0v) is 11.5. The van der Waals surface area contributed by atoms with Gasteiger partial charge in [-0.3, -0.25) is 0 Å². The van der Waals surface area contributed by atoms with Crippen LogP contribution in [0.4, 0.5) is 5.69 Å². The molecule has 0 spiro atoms. The second-order valence-corrected chi connectivity index (χ2v) is 4.68. The molecule has 2 aromatic rings. The Labute approximate surface area is 114 Å². The maximum atomic E-state index is 8.88. The van der Waals surface area contributed by atoms with Gasteiger partial charge in [0.25, 0.3) is 0 Å². The zero-order chi connectivity index (χ0) is 13.0. The maximum Gasteiger partial charge on any atom is 0.213 e. The molecular formula is C13H12BrN3O. The van der Waals surface area contributed by atoms with Crippen LogP contribution < -0.4 is 5.32 Å². The first-order chi connectivity index (χ1) is 8.71. The van der Waals surface area contributed by atoms with Crippen molar-refractivity contribution in [2.75, 3.05) is 5.32 Å². The van der Waals surface area contributed by atoms with E-state index in [1.165, 1.54) is 0 Å². The highest BCUT2D eigenvalue weighted by Crippen LogP contribution is 2.19. The van der Waals surface area contributed by atoms with Crippen LogP contribution in [0.2, 0.25) is 0 Å². The van der Waals surface area contributed by atoms with Gasteiger partial charge in [-0.25, -0.2) is 4.98 Å². The molecule has 4 nitrogen and oxygen atoms in total. The van der Waals surface area contributed by atoms with Crippen molar-refractivity contribution in [3.8, 4) is 6.07 Å². The second kappa shape index (κ2) is 5.69. The van der Waals surface area contributed by atoms with E-state index in [2.05, 4.69) is 32.3 Å². The first kappa shape index (κ1) is 12.7. The van der Waals surface area contributed by atoms with Crippen LogP contribution in [-0.4, -0.2) is 4.98 Å². The molecule has 0 amide bonds. The molecule has 1 aromatic carbocycles. The summed E-state index contributed by atoms with van der Waals surface area (Å²) in [7, 11) is 0. The molecule has 0 atom stereocenters. The number of hydrogen-bond donors (Lipinski definition) is 1. The summed E-state index contributed by atoms with van der Waals surface area (Å²) in [6.07, 6.45) is 2.57. The normalized spacial score (nSPS) is 10.1. The van der Waals surface area contributed by atoms with E-state index in [1.807, 2.05) is 13.0 Å². The molecule has 2 rings (SSSR count). The predicted molar refractivity (Wildman–Crippen MR) is 72.1 cm³/mol. The van der Waals surface area contributed by atoms with Crippen LogP contribution >= 0.6 is 15.9 Å². The monoisotopic (exact) mass is 305 g/mol. The van der Waals surface area contributed by atoms with Crippen molar-refractivity contribution in [2.45, 2.75) is 19.9 Å². The highest BCUT2D eigenvalue weighted by Gasteiger charge is 2.03. The number of halogens is 1. The summed E-state index contributed by atoms with van der Waals surface area (Å²) < 4.78 is 6.36. The van der Waals surface area contributed by atoms with Crippen LogP contribution in [-0.2, 0) is 13.0 Å². The van der Waals surface area contributed by atoms with Crippen molar-refractivity contribution in [1.29, 1.82) is 5.26 Å². The van der Waals surface area contributed by atoms with E-state index in [0.29, 0.717) is 18.0 Å². The van der Waals surface area contributed by atoms with Crippen LogP contribution in [0.5, 0.6) is 0 Å². The quantitative estimate of drug-likeness (QED) is 0.939. The molecule has 5 heteroatoms. The molecule has 0 aliphatic carbocycles. The lowest BCUT2D eigenvalue weighted by molar-refractivity contribution is 0.466. The fourth-order valence-electron chi connectivity index (χ4n) is 1.53. The molecule has 1 heterocycles. The molecule has 0 aliphatic rings. The number of aryl methyl sites for hydroxylation is 1. The Bertz CT molecular complexity index is 586. The van der Waals surface area contributed by atoms with E-state index in [1.54, 1.807) is 18.3 Å². The van der Waals surface area contributed by atoms with Gasteiger partial charge in [0.05, 0.1) is 24.4 Å². The largest absolute Gasteiger partial charge is 0.444 e. The summed E-state index contributed by atoms with van der Waals surface area (Å²) in [6.45, 7) is 2.52. The molecule has 1 N–H and O–H groups in total. The van der Waals surface area contributed by atoms with Crippen molar-refractivity contribution in [2.24, 2.45) is 0 Å². The van der Waals surface area contributed by atoms with E-state index >= 15 is 0 Å². The Kier molecular flexibility index (Phi) is 4.00. The average Bonchev–Trinajstić information content (AvgIpc) is 2.83. The molecule has 0 saturated heterocycles. The van der Waals surface area contributed by atoms with Gasteiger partial charge in [-0.2, -0.15) is 5.26 Å². The highest BCUT2D eigenvalue weighted by molar-refractivity contribution is 9.10. The Hall–Kier alpha value is -1.80. The van der Waals surface area contributed by atoms with Crippen LogP contribution in [0, 0.1) is 11.3 Å². The smallest absolute Gasteiger partial charge is 0.213 e. The number of benzene rings is 1. The van der Waals surface area contributed by atoms with Gasteiger partial charge >= 0.3 is 0 Å². The number of nitrogens with zero attached hydrogens (tertiary/aromatic N) is 2. The average molecular weight is 306 g/mol. The van der Waals surface area contributed by atoms with E-state index in [4.69, 9.17) is 9.68 Å². The lowest BCUT2D eigenvalue weighted by atomic mass is 10.2. The second-order valence-electron chi connectivity index (χ2n) is 3.77. The highest BCUT2D eigenvalue weighted by atomic mass is 79.9. The number of hydrogen-bond acceptors (Lipinski definition) is 4. The number of aromatic nitrogens is 1. The van der Waals surface area contributed by atoms with Crippen LogP contribution in [0.3, 0.4) is 0 Å². The molecule has 18 heavy (non-hydrogen) atoms. The lowest BCUT2D eigenvalue weighted by Crippen LogP contribution is -1.99. The van der Waals surface area contributed by atoms with E-state index < -0.39 is 0 Å². The number of nitriles is 1. The fourth-order valence-corrected chi connectivity index (χ4v) is 2.02. The molecule has 92 valence electrons. The summed E-state index contributed by atoms with van der Waals surface area (Å²) in [6, 6.07) is 7.57. The summed E-state index contributed by atoms with van der Waals surface area (Å²) in [4.78, 5) is 4.16. The first-order valence-electron chi connectivity index (χ1n) is 5.59. The van der Waals surface area contributed by atoms with Gasteiger partial charge in [-0.1, -0.05) is 22.9 Å². The molecule has 1 aromatic heterocycles. The number of oxazole rings is 1. The number of nitrogens with one attached hydrogen (secondary N) is 1. The number of anilines is 1. The fraction of sp³-hybridized carbons (Fsp3) is 0.231. The minimum Gasteiger partial charge on any atom is -0.444 e. The zero-order valence-electron chi connectivity index (χ0n) is 9.90. The summed E-state index contributed by atoms with van der Waals surface area (Å²) >= 11 is 3.37. The molecule has 0 aliphatic heterocycles. The summed E-state index contributed by atoms with van der Waals surface area (Å²) in [5.74, 6) is 1.52. The molecular weight excluding hydrogens is 294 g/mol.